The monoisotopic (exact) mass is 629 g/mol. The lowest BCUT2D eigenvalue weighted by Crippen LogP contribution is -2.57. The van der Waals surface area contributed by atoms with Crippen LogP contribution in [-0.2, 0) is 14.4 Å². The smallest absolute Gasteiger partial charge is 0.318 e. The first-order chi connectivity index (χ1) is 22.8. The number of hydrogen-bond acceptors (Lipinski definition) is 8. The largest absolute Gasteiger partial charge is 0.320 e. The van der Waals surface area contributed by atoms with E-state index >= 15 is 0 Å². The van der Waals surface area contributed by atoms with Gasteiger partial charge in [-0.25, -0.2) is 4.79 Å². The molecule has 2 aliphatic heterocycles. The van der Waals surface area contributed by atoms with Crippen LogP contribution in [0.25, 0.3) is 0 Å². The number of nitrogens with one attached hydrogen (secondary N) is 2. The van der Waals surface area contributed by atoms with Gasteiger partial charge >= 0.3 is 6.03 Å². The number of hydrogen-bond donors (Lipinski definition) is 2. The predicted octanol–water partition coefficient (Wildman–Crippen LogP) is 6.16. The van der Waals surface area contributed by atoms with Gasteiger partial charge in [-0.2, -0.15) is 0 Å². The molecular formula is C34H31N9O4. The summed E-state index contributed by atoms with van der Waals surface area (Å²) in [6, 6.07) is 28.8. The molecule has 4 aromatic carbocycles. The third-order valence-electron chi connectivity index (χ3n) is 7.60. The summed E-state index contributed by atoms with van der Waals surface area (Å²) in [7, 11) is 0. The Morgan fingerprint density at radius 3 is 2.11 bits per heavy atom. The molecule has 6 rings (SSSR count). The first-order valence-corrected chi connectivity index (χ1v) is 15.0. The lowest BCUT2D eigenvalue weighted by molar-refractivity contribution is -0.129. The van der Waals surface area contributed by atoms with E-state index in [2.05, 4.69) is 31.3 Å². The molecule has 0 bridgehead atoms. The van der Waals surface area contributed by atoms with Crippen molar-refractivity contribution in [1.82, 2.24) is 5.32 Å². The van der Waals surface area contributed by atoms with Crippen LogP contribution >= 0.6 is 0 Å². The molecule has 1 unspecified atom stereocenters. The molecule has 0 aliphatic carbocycles. The van der Waals surface area contributed by atoms with Crippen molar-refractivity contribution in [3.05, 3.63) is 115 Å². The zero-order valence-corrected chi connectivity index (χ0v) is 25.6. The van der Waals surface area contributed by atoms with Crippen LogP contribution in [0, 0.1) is 0 Å². The van der Waals surface area contributed by atoms with Crippen LogP contribution < -0.4 is 25.3 Å². The van der Waals surface area contributed by atoms with Crippen molar-refractivity contribution in [2.45, 2.75) is 32.1 Å². The first-order valence-electron chi connectivity index (χ1n) is 15.0. The maximum atomic E-state index is 14.4. The van der Waals surface area contributed by atoms with E-state index in [4.69, 9.17) is 0 Å². The molecule has 4 aromatic rings. The first kappa shape index (κ1) is 30.8. The highest BCUT2D eigenvalue weighted by atomic mass is 16.2. The maximum absolute atomic E-state index is 14.4. The lowest BCUT2D eigenvalue weighted by Gasteiger charge is -2.31. The van der Waals surface area contributed by atoms with E-state index in [1.165, 1.54) is 9.80 Å². The fourth-order valence-electron chi connectivity index (χ4n) is 5.55. The third kappa shape index (κ3) is 6.45. The zero-order valence-electron chi connectivity index (χ0n) is 25.6. The third-order valence-corrected chi connectivity index (χ3v) is 7.60. The number of para-hydroxylation sites is 4. The Balaban J connectivity index is 1.35. The molecule has 13 nitrogen and oxygen atoms in total. The Morgan fingerprint density at radius 1 is 0.787 bits per heavy atom. The quantitative estimate of drug-likeness (QED) is 0.224. The van der Waals surface area contributed by atoms with Gasteiger partial charge in [0.2, 0.25) is 12.1 Å². The molecule has 0 radical (unpaired) electrons. The molecule has 47 heavy (non-hydrogen) atoms. The van der Waals surface area contributed by atoms with Gasteiger partial charge in [0.1, 0.15) is 6.54 Å². The Labute approximate surface area is 270 Å². The van der Waals surface area contributed by atoms with Crippen molar-refractivity contribution in [3.63, 3.8) is 0 Å². The van der Waals surface area contributed by atoms with Crippen molar-refractivity contribution in [1.29, 1.82) is 0 Å². The zero-order chi connectivity index (χ0) is 32.9. The van der Waals surface area contributed by atoms with Crippen molar-refractivity contribution < 1.29 is 19.2 Å². The molecule has 5 amide bonds. The summed E-state index contributed by atoms with van der Waals surface area (Å²) in [5, 5.41) is 20.1. The molecule has 0 saturated carbocycles. The lowest BCUT2D eigenvalue weighted by atomic mass is 10.1. The van der Waals surface area contributed by atoms with Crippen LogP contribution in [0.5, 0.6) is 0 Å². The topological polar surface area (TPSA) is 152 Å². The fourth-order valence-corrected chi connectivity index (χ4v) is 5.55. The Bertz CT molecular complexity index is 1850. The van der Waals surface area contributed by atoms with Crippen LogP contribution in [0.4, 0.5) is 33.2 Å². The van der Waals surface area contributed by atoms with E-state index in [9.17, 15) is 19.2 Å². The molecular weight excluding hydrogens is 598 g/mol. The number of urea groups is 1. The molecule has 2 heterocycles. The summed E-state index contributed by atoms with van der Waals surface area (Å²) in [5.74, 6) is -1.82. The number of carbonyl (C=O) groups excluding carboxylic acids is 4. The predicted molar refractivity (Wildman–Crippen MR) is 176 cm³/mol. The van der Waals surface area contributed by atoms with E-state index in [0.29, 0.717) is 34.0 Å². The summed E-state index contributed by atoms with van der Waals surface area (Å²) in [6.07, 6.45) is -0.629. The number of rotatable bonds is 8. The van der Waals surface area contributed by atoms with Gasteiger partial charge < -0.3 is 15.5 Å². The SMILES string of the molecule is CC(C)N(C(=O)CN1C(=O)C(NC(=O)Nc2cccc(C3N=NN=N3)c2)C(=O)N(c2ccccc2)c2ccccc21)c1ccccc1. The molecule has 236 valence electrons. The number of nitrogens with zero attached hydrogens (tertiary/aromatic N) is 7. The van der Waals surface area contributed by atoms with Gasteiger partial charge in [0.05, 0.1) is 11.4 Å². The minimum absolute atomic E-state index is 0.229. The second-order valence-electron chi connectivity index (χ2n) is 11.1. The van der Waals surface area contributed by atoms with Gasteiger partial charge in [0, 0.05) is 28.7 Å². The molecule has 13 heteroatoms. The van der Waals surface area contributed by atoms with Crippen molar-refractivity contribution in [2.75, 3.05) is 26.6 Å². The molecule has 0 spiro atoms. The van der Waals surface area contributed by atoms with Crippen LogP contribution in [-0.4, -0.2) is 42.4 Å². The summed E-state index contributed by atoms with van der Waals surface area (Å²) < 4.78 is 0. The standard InChI is InChI=1S/C34H31N9O4/c1-22(2)42(25-14-5-3-6-15-25)29(44)21-41-27-18-9-10-19-28(27)43(26-16-7-4-8-17-26)33(46)30(32(41)45)36-34(47)35-24-13-11-12-23(20-24)31-37-39-40-38-31/h3-20,22,30-31H,21H2,1-2H3,(H2,35,36,47). The Kier molecular flexibility index (Phi) is 8.77. The summed E-state index contributed by atoms with van der Waals surface area (Å²) >= 11 is 0. The summed E-state index contributed by atoms with van der Waals surface area (Å²) in [6.45, 7) is 3.38. The molecule has 1 atom stereocenters. The summed E-state index contributed by atoms with van der Waals surface area (Å²) in [5.41, 5.74) is 2.89. The molecule has 0 aromatic heterocycles. The number of amides is 5. The van der Waals surface area contributed by atoms with Gasteiger partial charge in [-0.05, 0) is 72.8 Å². The number of fused-ring (bicyclic) bond motifs is 1. The number of benzene rings is 4. The van der Waals surface area contributed by atoms with Crippen molar-refractivity contribution in [3.8, 4) is 0 Å². The highest BCUT2D eigenvalue weighted by Gasteiger charge is 2.43. The van der Waals surface area contributed by atoms with Gasteiger partial charge in [-0.3, -0.25) is 24.2 Å². The molecule has 2 N–H and O–H groups in total. The second kappa shape index (κ2) is 13.4. The average Bonchev–Trinajstić information content (AvgIpc) is 3.61. The van der Waals surface area contributed by atoms with Gasteiger partial charge in [0.15, 0.2) is 6.04 Å². The Hall–Kier alpha value is -6.24. The normalized spacial score (nSPS) is 15.9. The van der Waals surface area contributed by atoms with Crippen molar-refractivity contribution >= 4 is 52.2 Å². The van der Waals surface area contributed by atoms with E-state index in [0.717, 1.165) is 0 Å². The maximum Gasteiger partial charge on any atom is 0.320 e. The van der Waals surface area contributed by atoms with E-state index < -0.39 is 30.1 Å². The highest BCUT2D eigenvalue weighted by Crippen LogP contribution is 2.38. The second-order valence-corrected chi connectivity index (χ2v) is 11.1. The van der Waals surface area contributed by atoms with Gasteiger partial charge in [0.25, 0.3) is 11.8 Å². The number of anilines is 5. The number of carbonyl (C=O) groups is 4. The molecule has 0 fully saturated rings. The average molecular weight is 630 g/mol. The summed E-state index contributed by atoms with van der Waals surface area (Å²) in [4.78, 5) is 60.4. The Morgan fingerprint density at radius 2 is 1.43 bits per heavy atom. The minimum atomic E-state index is -1.68. The highest BCUT2D eigenvalue weighted by molar-refractivity contribution is 6.25. The fraction of sp³-hybridized carbons (Fsp3) is 0.176. The van der Waals surface area contributed by atoms with Crippen LogP contribution in [0.1, 0.15) is 25.6 Å². The van der Waals surface area contributed by atoms with Gasteiger partial charge in [-0.15, -0.1) is 10.2 Å². The van der Waals surface area contributed by atoms with Gasteiger partial charge in [-0.1, -0.05) is 60.7 Å². The van der Waals surface area contributed by atoms with Crippen molar-refractivity contribution in [2.24, 2.45) is 20.7 Å². The van der Waals surface area contributed by atoms with E-state index in [1.54, 1.807) is 77.7 Å². The minimum Gasteiger partial charge on any atom is -0.318 e. The molecule has 0 saturated heterocycles. The van der Waals surface area contributed by atoms with Crippen LogP contribution in [0.2, 0.25) is 0 Å². The van der Waals surface area contributed by atoms with Crippen LogP contribution in [0.3, 0.4) is 0 Å². The van der Waals surface area contributed by atoms with E-state index in [1.807, 2.05) is 50.2 Å². The van der Waals surface area contributed by atoms with Crippen LogP contribution in [0.15, 0.2) is 130 Å². The van der Waals surface area contributed by atoms with E-state index in [-0.39, 0.29) is 18.5 Å². The molecule has 2 aliphatic rings.